The molecule has 0 aromatic rings. The minimum atomic E-state index is -1.06. The zero-order valence-corrected chi connectivity index (χ0v) is 11.5. The molecular weight excluding hydrogens is 184 g/mol. The second kappa shape index (κ2) is 9.98. The molecule has 0 aliphatic carbocycles. The van der Waals surface area contributed by atoms with Crippen molar-refractivity contribution in [2.24, 2.45) is 0 Å². The smallest absolute Gasteiger partial charge is 0.480 e. The van der Waals surface area contributed by atoms with Gasteiger partial charge in [0, 0.05) is 0 Å². The second-order valence-electron chi connectivity index (χ2n) is 1.83. The van der Waals surface area contributed by atoms with E-state index in [9.17, 15) is 9.59 Å². The number of hydrogen-bond donors (Lipinski definition) is 3. The van der Waals surface area contributed by atoms with E-state index in [0.717, 1.165) is 0 Å². The fourth-order valence-electron chi connectivity index (χ4n) is 0.328. The number of carboxylic acid groups (broad SMARTS) is 2. The molecule has 5 nitrogen and oxygen atoms in total. The third-order valence-corrected chi connectivity index (χ3v) is 0.930. The molecule has 12 heavy (non-hydrogen) atoms. The molecule has 0 fully saturated rings. The summed E-state index contributed by atoms with van der Waals surface area (Å²) in [6.07, 6.45) is 0. The molecule has 58 valence electrons. The molecule has 0 aliphatic rings. The summed E-state index contributed by atoms with van der Waals surface area (Å²) in [7, 11) is 0. The van der Waals surface area contributed by atoms with E-state index in [1.165, 1.54) is 6.92 Å². The van der Waals surface area contributed by atoms with Gasteiger partial charge in [0.2, 0.25) is 0 Å². The Labute approximate surface area is 114 Å². The van der Waals surface area contributed by atoms with Gasteiger partial charge in [0.25, 0.3) is 0 Å². The number of nitrogens with one attached hydrogen (secondary N) is 1. The fourth-order valence-corrected chi connectivity index (χ4v) is 0.328. The van der Waals surface area contributed by atoms with Crippen LogP contribution in [0.3, 0.4) is 0 Å². The van der Waals surface area contributed by atoms with Crippen LogP contribution in [0.15, 0.2) is 0 Å². The van der Waals surface area contributed by atoms with E-state index in [-0.39, 0.29) is 65.7 Å². The number of rotatable bonds is 4. The standard InChI is InChI=1S/C5H9NO4.2Na/c1-3(5(9)10)6-2-4(7)8;;/h3,6H,2H2,1H3,(H,7,8)(H,9,10);;/q;2*+1. The first kappa shape index (κ1) is 18.6. The summed E-state index contributed by atoms with van der Waals surface area (Å²) in [6, 6.07) is -0.809. The van der Waals surface area contributed by atoms with Gasteiger partial charge in [0.1, 0.15) is 6.04 Å². The van der Waals surface area contributed by atoms with Gasteiger partial charge in [0.05, 0.1) is 6.54 Å². The predicted octanol–water partition coefficient (Wildman–Crippen LogP) is -6.86. The largest absolute Gasteiger partial charge is 1.00 e. The van der Waals surface area contributed by atoms with Gasteiger partial charge in [0.15, 0.2) is 0 Å². The zero-order valence-electron chi connectivity index (χ0n) is 7.50. The number of hydrogen-bond acceptors (Lipinski definition) is 3. The van der Waals surface area contributed by atoms with Crippen LogP contribution in [-0.2, 0) is 9.59 Å². The van der Waals surface area contributed by atoms with Crippen molar-refractivity contribution >= 4 is 11.9 Å². The molecule has 0 saturated carbocycles. The molecule has 0 heterocycles. The van der Waals surface area contributed by atoms with Gasteiger partial charge in [-0.1, -0.05) is 0 Å². The van der Waals surface area contributed by atoms with Crippen LogP contribution in [0.25, 0.3) is 0 Å². The first-order valence-electron chi connectivity index (χ1n) is 2.72. The molecule has 1 unspecified atom stereocenters. The van der Waals surface area contributed by atoms with E-state index in [1.54, 1.807) is 0 Å². The van der Waals surface area contributed by atoms with Crippen LogP contribution in [0.4, 0.5) is 0 Å². The predicted molar refractivity (Wildman–Crippen MR) is 32.7 cm³/mol. The van der Waals surface area contributed by atoms with E-state index >= 15 is 0 Å². The van der Waals surface area contributed by atoms with Crippen LogP contribution in [0.2, 0.25) is 0 Å². The molecule has 0 radical (unpaired) electrons. The Morgan fingerprint density at radius 1 is 1.33 bits per heavy atom. The molecular formula is C5H9NNa2O4+2. The summed E-state index contributed by atoms with van der Waals surface area (Å²) >= 11 is 0. The normalized spacial score (nSPS) is 10.4. The van der Waals surface area contributed by atoms with Gasteiger partial charge in [-0.25, -0.2) is 0 Å². The molecule has 0 aromatic heterocycles. The Kier molecular flexibility index (Phi) is 15.5. The first-order chi connectivity index (χ1) is 4.54. The molecule has 0 amide bonds. The molecule has 0 aromatic carbocycles. The zero-order chi connectivity index (χ0) is 8.15. The van der Waals surface area contributed by atoms with Gasteiger partial charge >= 0.3 is 71.1 Å². The molecule has 0 saturated heterocycles. The topological polar surface area (TPSA) is 86.6 Å². The van der Waals surface area contributed by atoms with E-state index in [0.29, 0.717) is 0 Å². The minimum absolute atomic E-state index is 0. The van der Waals surface area contributed by atoms with E-state index in [1.807, 2.05) is 0 Å². The monoisotopic (exact) mass is 193 g/mol. The number of carboxylic acids is 2. The van der Waals surface area contributed by atoms with Crippen LogP contribution >= 0.6 is 0 Å². The Morgan fingerprint density at radius 2 is 1.75 bits per heavy atom. The summed E-state index contributed by atoms with van der Waals surface area (Å²) in [5, 5.41) is 18.6. The van der Waals surface area contributed by atoms with Crippen molar-refractivity contribution in [3.8, 4) is 0 Å². The Bertz CT molecular complexity index is 152. The molecule has 1 atom stereocenters. The first-order valence-corrected chi connectivity index (χ1v) is 2.72. The van der Waals surface area contributed by atoms with Gasteiger partial charge in [-0.15, -0.1) is 0 Å². The van der Waals surface area contributed by atoms with Crippen molar-refractivity contribution in [3.63, 3.8) is 0 Å². The van der Waals surface area contributed by atoms with Crippen molar-refractivity contribution in [1.82, 2.24) is 5.32 Å². The molecule has 0 bridgehead atoms. The van der Waals surface area contributed by atoms with E-state index in [4.69, 9.17) is 10.2 Å². The summed E-state index contributed by atoms with van der Waals surface area (Å²) in [5.74, 6) is -2.12. The average Bonchev–Trinajstić information content (AvgIpc) is 1.82. The van der Waals surface area contributed by atoms with E-state index in [2.05, 4.69) is 5.32 Å². The van der Waals surface area contributed by atoms with E-state index < -0.39 is 18.0 Å². The quantitative estimate of drug-likeness (QED) is 0.386. The Balaban J connectivity index is -0.000000405. The molecule has 0 rings (SSSR count). The molecule has 0 spiro atoms. The summed E-state index contributed by atoms with van der Waals surface area (Å²) < 4.78 is 0. The van der Waals surface area contributed by atoms with Crippen molar-refractivity contribution in [2.75, 3.05) is 6.54 Å². The third-order valence-electron chi connectivity index (χ3n) is 0.930. The van der Waals surface area contributed by atoms with Crippen LogP contribution in [0, 0.1) is 0 Å². The van der Waals surface area contributed by atoms with Gasteiger partial charge < -0.3 is 10.2 Å². The van der Waals surface area contributed by atoms with Crippen LogP contribution < -0.4 is 64.4 Å². The molecule has 3 N–H and O–H groups in total. The fraction of sp³-hybridized carbons (Fsp3) is 0.600. The average molecular weight is 193 g/mol. The number of carbonyl (C=O) groups is 2. The molecule has 7 heteroatoms. The summed E-state index contributed by atoms with van der Waals surface area (Å²) in [5.41, 5.74) is 0. The minimum Gasteiger partial charge on any atom is -0.480 e. The maximum Gasteiger partial charge on any atom is 1.00 e. The maximum absolute atomic E-state index is 10.1. The van der Waals surface area contributed by atoms with Crippen molar-refractivity contribution in [1.29, 1.82) is 0 Å². The van der Waals surface area contributed by atoms with Crippen LogP contribution in [-0.4, -0.2) is 34.7 Å². The Morgan fingerprint density at radius 3 is 2.00 bits per heavy atom. The second-order valence-corrected chi connectivity index (χ2v) is 1.83. The van der Waals surface area contributed by atoms with Crippen molar-refractivity contribution < 1.29 is 78.9 Å². The SMILES string of the molecule is CC(NCC(=O)O)C(=O)O.[Na+].[Na+]. The summed E-state index contributed by atoms with van der Waals surface area (Å²) in [4.78, 5) is 19.9. The summed E-state index contributed by atoms with van der Waals surface area (Å²) in [6.45, 7) is 1.05. The van der Waals surface area contributed by atoms with Gasteiger partial charge in [-0.3, -0.25) is 14.9 Å². The van der Waals surface area contributed by atoms with Gasteiger partial charge in [-0.2, -0.15) is 0 Å². The number of aliphatic carboxylic acids is 2. The van der Waals surface area contributed by atoms with Crippen molar-refractivity contribution in [3.05, 3.63) is 0 Å². The Hall–Kier alpha value is 0.900. The van der Waals surface area contributed by atoms with Gasteiger partial charge in [-0.05, 0) is 6.92 Å². The van der Waals surface area contributed by atoms with Crippen LogP contribution in [0.1, 0.15) is 6.92 Å². The maximum atomic E-state index is 10.1. The van der Waals surface area contributed by atoms with Crippen molar-refractivity contribution in [2.45, 2.75) is 13.0 Å². The molecule has 0 aliphatic heterocycles. The third kappa shape index (κ3) is 10.9. The van der Waals surface area contributed by atoms with Crippen LogP contribution in [0.5, 0.6) is 0 Å².